The van der Waals surface area contributed by atoms with E-state index in [0.29, 0.717) is 12.4 Å². The molecule has 0 aliphatic heterocycles. The molecule has 2 aromatic carbocycles. The van der Waals surface area contributed by atoms with Crippen molar-refractivity contribution < 1.29 is 18.0 Å². The molecule has 3 rings (SSSR count). The zero-order valence-electron chi connectivity index (χ0n) is 15.0. The van der Waals surface area contributed by atoms with Gasteiger partial charge in [-0.1, -0.05) is 42.0 Å². The molecule has 0 radical (unpaired) electrons. The molecule has 28 heavy (non-hydrogen) atoms. The molecule has 0 fully saturated rings. The van der Waals surface area contributed by atoms with Crippen molar-refractivity contribution in [1.82, 2.24) is 4.98 Å². The molecular formula is C21H18F3N3O. The summed E-state index contributed by atoms with van der Waals surface area (Å²) in [7, 11) is 0. The summed E-state index contributed by atoms with van der Waals surface area (Å²) in [5, 5.41) is 5.43. The first-order valence-corrected chi connectivity index (χ1v) is 8.56. The molecule has 7 heteroatoms. The minimum Gasteiger partial charge on any atom is -0.366 e. The molecule has 0 atom stereocenters. The zero-order valence-corrected chi connectivity index (χ0v) is 15.0. The highest BCUT2D eigenvalue weighted by atomic mass is 19.4. The van der Waals surface area contributed by atoms with E-state index in [9.17, 15) is 18.0 Å². The molecule has 0 aliphatic rings. The lowest BCUT2D eigenvalue weighted by Gasteiger charge is -2.14. The Hall–Kier alpha value is -3.35. The second-order valence-electron chi connectivity index (χ2n) is 6.27. The normalized spacial score (nSPS) is 11.1. The van der Waals surface area contributed by atoms with Crippen molar-refractivity contribution >= 4 is 17.4 Å². The molecule has 144 valence electrons. The average Bonchev–Trinajstić information content (AvgIpc) is 2.67. The van der Waals surface area contributed by atoms with Crippen LogP contribution in [0.1, 0.15) is 27.0 Å². The number of hydrogen-bond acceptors (Lipinski definition) is 3. The second-order valence-corrected chi connectivity index (χ2v) is 6.27. The number of alkyl halides is 3. The summed E-state index contributed by atoms with van der Waals surface area (Å²) in [6.45, 7) is 2.51. The number of carbonyl (C=O) groups is 1. The van der Waals surface area contributed by atoms with E-state index in [1.807, 2.05) is 31.2 Å². The van der Waals surface area contributed by atoms with Crippen molar-refractivity contribution in [2.24, 2.45) is 0 Å². The number of nitrogens with one attached hydrogen (secondary N) is 2. The van der Waals surface area contributed by atoms with Crippen LogP contribution in [0.3, 0.4) is 0 Å². The van der Waals surface area contributed by atoms with E-state index >= 15 is 0 Å². The van der Waals surface area contributed by atoms with Crippen molar-refractivity contribution in [3.8, 4) is 0 Å². The Morgan fingerprint density at radius 3 is 2.46 bits per heavy atom. The van der Waals surface area contributed by atoms with Gasteiger partial charge in [-0.25, -0.2) is 4.98 Å². The van der Waals surface area contributed by atoms with E-state index in [2.05, 4.69) is 15.6 Å². The molecule has 1 aromatic heterocycles. The van der Waals surface area contributed by atoms with E-state index in [1.54, 1.807) is 0 Å². The van der Waals surface area contributed by atoms with Gasteiger partial charge < -0.3 is 10.6 Å². The van der Waals surface area contributed by atoms with Gasteiger partial charge in [0.15, 0.2) is 0 Å². The van der Waals surface area contributed by atoms with Gasteiger partial charge in [0.25, 0.3) is 5.91 Å². The highest BCUT2D eigenvalue weighted by Gasteiger charge is 2.33. The number of halogens is 3. The van der Waals surface area contributed by atoms with Crippen LogP contribution in [0.4, 0.5) is 24.7 Å². The average molecular weight is 385 g/mol. The Kier molecular flexibility index (Phi) is 5.63. The van der Waals surface area contributed by atoms with Crippen molar-refractivity contribution in [2.45, 2.75) is 19.6 Å². The van der Waals surface area contributed by atoms with Crippen LogP contribution in [0.25, 0.3) is 0 Å². The van der Waals surface area contributed by atoms with Crippen LogP contribution in [0, 0.1) is 6.92 Å². The Balaban J connectivity index is 1.72. The maximum absolute atomic E-state index is 13.1. The molecule has 0 saturated heterocycles. The van der Waals surface area contributed by atoms with E-state index < -0.39 is 17.6 Å². The Morgan fingerprint density at radius 2 is 1.75 bits per heavy atom. The lowest BCUT2D eigenvalue weighted by Crippen LogP contribution is -2.17. The Bertz CT molecular complexity index is 969. The summed E-state index contributed by atoms with van der Waals surface area (Å²) >= 11 is 0. The molecule has 0 spiro atoms. The predicted molar refractivity (Wildman–Crippen MR) is 102 cm³/mol. The Labute approximate surface area is 160 Å². The summed E-state index contributed by atoms with van der Waals surface area (Å²) in [6.07, 6.45) is -3.12. The lowest BCUT2D eigenvalue weighted by molar-refractivity contribution is -0.136. The molecule has 1 heterocycles. The third-order valence-corrected chi connectivity index (χ3v) is 4.10. The summed E-state index contributed by atoms with van der Waals surface area (Å²) in [5.41, 5.74) is 1.22. The number of anilines is 2. The molecular weight excluding hydrogens is 367 g/mol. The number of rotatable bonds is 5. The first kappa shape index (κ1) is 19.4. The predicted octanol–water partition coefficient (Wildman–Crippen LogP) is 5.27. The number of carbonyl (C=O) groups excluding carboxylic acids is 1. The quantitative estimate of drug-likeness (QED) is 0.629. The molecule has 0 unspecified atom stereocenters. The number of hydrogen-bond donors (Lipinski definition) is 2. The van der Waals surface area contributed by atoms with Crippen molar-refractivity contribution in [3.63, 3.8) is 0 Å². The largest absolute Gasteiger partial charge is 0.418 e. The van der Waals surface area contributed by atoms with E-state index in [4.69, 9.17) is 0 Å². The minimum absolute atomic E-state index is 0.207. The molecule has 0 saturated carbocycles. The molecule has 4 nitrogen and oxygen atoms in total. The maximum atomic E-state index is 13.1. The highest BCUT2D eigenvalue weighted by molar-refractivity contribution is 6.05. The zero-order chi connectivity index (χ0) is 20.1. The number of nitrogens with zero attached hydrogens (tertiary/aromatic N) is 1. The Morgan fingerprint density at radius 1 is 1.04 bits per heavy atom. The lowest BCUT2D eigenvalue weighted by atomic mass is 10.1. The van der Waals surface area contributed by atoms with Crippen LogP contribution in [-0.2, 0) is 12.7 Å². The van der Waals surface area contributed by atoms with Gasteiger partial charge in [0.1, 0.15) is 5.82 Å². The fraction of sp³-hybridized carbons (Fsp3) is 0.143. The summed E-state index contributed by atoms with van der Waals surface area (Å²) in [6, 6.07) is 15.8. The number of benzene rings is 2. The van der Waals surface area contributed by atoms with Gasteiger partial charge in [-0.2, -0.15) is 13.2 Å². The van der Waals surface area contributed by atoms with Gasteiger partial charge in [-0.15, -0.1) is 0 Å². The first-order valence-electron chi connectivity index (χ1n) is 8.56. The van der Waals surface area contributed by atoms with Crippen LogP contribution < -0.4 is 10.6 Å². The SMILES string of the molecule is Cc1ccc(CNc2cc(C(=O)Nc3ccccc3C(F)(F)F)ccn2)cc1. The summed E-state index contributed by atoms with van der Waals surface area (Å²) in [4.78, 5) is 16.6. The molecule has 3 aromatic rings. The molecule has 1 amide bonds. The number of para-hydroxylation sites is 1. The van der Waals surface area contributed by atoms with Crippen molar-refractivity contribution in [3.05, 3.63) is 89.1 Å². The van der Waals surface area contributed by atoms with Crippen LogP contribution in [0.5, 0.6) is 0 Å². The van der Waals surface area contributed by atoms with Crippen LogP contribution in [0.15, 0.2) is 66.9 Å². The molecule has 0 bridgehead atoms. The van der Waals surface area contributed by atoms with Gasteiger partial charge in [-0.3, -0.25) is 4.79 Å². The summed E-state index contributed by atoms with van der Waals surface area (Å²) < 4.78 is 39.2. The van der Waals surface area contributed by atoms with Crippen molar-refractivity contribution in [1.29, 1.82) is 0 Å². The van der Waals surface area contributed by atoms with Gasteiger partial charge >= 0.3 is 6.18 Å². The molecule has 0 aliphatic carbocycles. The van der Waals surface area contributed by atoms with Gasteiger partial charge in [-0.05, 0) is 36.8 Å². The highest BCUT2D eigenvalue weighted by Crippen LogP contribution is 2.34. The monoisotopic (exact) mass is 385 g/mol. The smallest absolute Gasteiger partial charge is 0.366 e. The van der Waals surface area contributed by atoms with E-state index in [1.165, 1.54) is 36.5 Å². The number of aryl methyl sites for hydroxylation is 1. The van der Waals surface area contributed by atoms with Crippen LogP contribution in [-0.4, -0.2) is 10.9 Å². The van der Waals surface area contributed by atoms with Gasteiger partial charge in [0, 0.05) is 18.3 Å². The van der Waals surface area contributed by atoms with Crippen LogP contribution >= 0.6 is 0 Å². The topological polar surface area (TPSA) is 54.0 Å². The van der Waals surface area contributed by atoms with Gasteiger partial charge in [0.05, 0.1) is 11.3 Å². The third kappa shape index (κ3) is 4.88. The number of pyridine rings is 1. The fourth-order valence-electron chi connectivity index (χ4n) is 2.60. The standard InChI is InChI=1S/C21H18F3N3O/c1-14-6-8-15(9-7-14)13-26-19-12-16(10-11-25-19)20(28)27-18-5-3-2-4-17(18)21(22,23)24/h2-12H,13H2,1H3,(H,25,26)(H,27,28). The second kappa shape index (κ2) is 8.12. The van der Waals surface area contributed by atoms with Crippen molar-refractivity contribution in [2.75, 3.05) is 10.6 Å². The minimum atomic E-state index is -4.55. The fourth-order valence-corrected chi connectivity index (χ4v) is 2.60. The first-order chi connectivity index (χ1) is 13.3. The van der Waals surface area contributed by atoms with E-state index in [-0.39, 0.29) is 11.3 Å². The maximum Gasteiger partial charge on any atom is 0.418 e. The summed E-state index contributed by atoms with van der Waals surface area (Å²) in [5.74, 6) is -0.185. The van der Waals surface area contributed by atoms with Crippen LogP contribution in [0.2, 0.25) is 0 Å². The number of aromatic nitrogens is 1. The number of amides is 1. The van der Waals surface area contributed by atoms with Gasteiger partial charge in [0.2, 0.25) is 0 Å². The van der Waals surface area contributed by atoms with E-state index in [0.717, 1.165) is 17.2 Å². The third-order valence-electron chi connectivity index (χ3n) is 4.10. The molecule has 2 N–H and O–H groups in total.